The second-order valence-corrected chi connectivity index (χ2v) is 3.17. The molecule has 0 aliphatic carbocycles. The van der Waals surface area contributed by atoms with Gasteiger partial charge in [-0.15, -0.1) is 0 Å². The van der Waals surface area contributed by atoms with Crippen molar-refractivity contribution in [2.24, 2.45) is 5.73 Å². The highest BCUT2D eigenvalue weighted by atomic mass is 16.5. The minimum atomic E-state index is -1.12. The minimum Gasteiger partial charge on any atom is -0.508 e. The first-order valence-corrected chi connectivity index (χ1v) is 4.53. The van der Waals surface area contributed by atoms with Crippen molar-refractivity contribution >= 4 is 0 Å². The summed E-state index contributed by atoms with van der Waals surface area (Å²) in [6.45, 7) is -0.0504. The maximum atomic E-state index is 9.70. The molecule has 0 bridgehead atoms. The molecule has 0 saturated carbocycles. The molecule has 1 aromatic carbocycles. The summed E-state index contributed by atoms with van der Waals surface area (Å²) in [6, 6.07) is 4.25. The van der Waals surface area contributed by atoms with Crippen LogP contribution in [0.15, 0.2) is 18.2 Å². The van der Waals surface area contributed by atoms with E-state index in [9.17, 15) is 15.3 Å². The molecule has 2 unspecified atom stereocenters. The number of benzene rings is 1. The summed E-state index contributed by atoms with van der Waals surface area (Å²) >= 11 is 0. The number of phenolic OH excluding ortho intramolecular Hbond substituents is 1. The summed E-state index contributed by atoms with van der Waals surface area (Å²) in [5, 5.41) is 28.3. The van der Waals surface area contributed by atoms with Crippen molar-refractivity contribution in [2.75, 3.05) is 13.7 Å². The van der Waals surface area contributed by atoms with Crippen LogP contribution in [0.4, 0.5) is 0 Å². The van der Waals surface area contributed by atoms with Gasteiger partial charge in [-0.25, -0.2) is 0 Å². The number of phenols is 1. The zero-order chi connectivity index (χ0) is 11.4. The number of hydrogen-bond acceptors (Lipinski definition) is 5. The topological polar surface area (TPSA) is 95.9 Å². The largest absolute Gasteiger partial charge is 0.508 e. The van der Waals surface area contributed by atoms with Crippen molar-refractivity contribution in [3.05, 3.63) is 23.8 Å². The normalized spacial score (nSPS) is 14.7. The van der Waals surface area contributed by atoms with Gasteiger partial charge >= 0.3 is 0 Å². The monoisotopic (exact) mass is 213 g/mol. The van der Waals surface area contributed by atoms with Gasteiger partial charge in [-0.2, -0.15) is 0 Å². The van der Waals surface area contributed by atoms with E-state index in [4.69, 9.17) is 10.5 Å². The van der Waals surface area contributed by atoms with Crippen molar-refractivity contribution in [2.45, 2.75) is 12.2 Å². The van der Waals surface area contributed by atoms with Crippen LogP contribution in [0.2, 0.25) is 0 Å². The zero-order valence-electron chi connectivity index (χ0n) is 8.42. The zero-order valence-corrected chi connectivity index (χ0v) is 8.42. The molecular weight excluding hydrogens is 198 g/mol. The third kappa shape index (κ3) is 2.59. The van der Waals surface area contributed by atoms with Gasteiger partial charge in [0.25, 0.3) is 0 Å². The molecule has 5 nitrogen and oxygen atoms in total. The molecule has 84 valence electrons. The van der Waals surface area contributed by atoms with Gasteiger partial charge in [-0.1, -0.05) is 0 Å². The van der Waals surface area contributed by atoms with Crippen LogP contribution in [0.1, 0.15) is 11.7 Å². The molecule has 0 aromatic heterocycles. The number of aromatic hydroxyl groups is 1. The van der Waals surface area contributed by atoms with E-state index in [0.717, 1.165) is 0 Å². The smallest absolute Gasteiger partial charge is 0.128 e. The second kappa shape index (κ2) is 4.97. The van der Waals surface area contributed by atoms with Crippen LogP contribution in [-0.2, 0) is 0 Å². The van der Waals surface area contributed by atoms with Crippen molar-refractivity contribution < 1.29 is 20.1 Å². The summed E-state index contributed by atoms with van der Waals surface area (Å²) in [7, 11) is 1.42. The van der Waals surface area contributed by atoms with Gasteiger partial charge in [0.15, 0.2) is 0 Å². The first-order chi connectivity index (χ1) is 7.10. The third-order valence-electron chi connectivity index (χ3n) is 2.14. The first kappa shape index (κ1) is 11.8. The van der Waals surface area contributed by atoms with Gasteiger partial charge < -0.3 is 25.8 Å². The summed E-state index contributed by atoms with van der Waals surface area (Å²) in [4.78, 5) is 0. The standard InChI is InChI=1S/C10H15NO4/c1-15-9-4-6(12)2-3-7(9)10(14)8(13)5-11/h2-4,8,10,12-14H,5,11H2,1H3. The molecule has 1 rings (SSSR count). The Morgan fingerprint density at radius 2 is 2.07 bits per heavy atom. The van der Waals surface area contributed by atoms with Crippen LogP contribution in [0.25, 0.3) is 0 Å². The SMILES string of the molecule is COc1cc(O)ccc1C(O)C(O)CN. The van der Waals surface area contributed by atoms with Gasteiger partial charge in [0, 0.05) is 18.2 Å². The van der Waals surface area contributed by atoms with E-state index in [-0.39, 0.29) is 12.3 Å². The molecule has 5 heteroatoms. The Balaban J connectivity index is 3.02. The third-order valence-corrected chi connectivity index (χ3v) is 2.14. The van der Waals surface area contributed by atoms with Crippen LogP contribution in [0.3, 0.4) is 0 Å². The lowest BCUT2D eigenvalue weighted by molar-refractivity contribution is 0.0229. The first-order valence-electron chi connectivity index (χ1n) is 4.53. The molecule has 0 saturated heterocycles. The van der Waals surface area contributed by atoms with Crippen molar-refractivity contribution in [3.63, 3.8) is 0 Å². The van der Waals surface area contributed by atoms with Crippen LogP contribution in [-0.4, -0.2) is 35.1 Å². The summed E-state index contributed by atoms with van der Waals surface area (Å²) in [5.41, 5.74) is 5.63. The maximum Gasteiger partial charge on any atom is 0.128 e. The van der Waals surface area contributed by atoms with E-state index in [1.807, 2.05) is 0 Å². The van der Waals surface area contributed by atoms with Crippen LogP contribution in [0.5, 0.6) is 11.5 Å². The number of aliphatic hydroxyl groups excluding tert-OH is 2. The average molecular weight is 213 g/mol. The molecule has 0 aliphatic heterocycles. The predicted octanol–water partition coefficient (Wildman–Crippen LogP) is -0.246. The number of ether oxygens (including phenoxy) is 1. The number of hydrogen-bond donors (Lipinski definition) is 4. The molecular formula is C10H15NO4. The molecule has 0 amide bonds. The highest BCUT2D eigenvalue weighted by molar-refractivity contribution is 5.41. The summed E-state index contributed by atoms with van der Waals surface area (Å²) in [5.74, 6) is 0.347. The molecule has 15 heavy (non-hydrogen) atoms. The Hall–Kier alpha value is -1.30. The molecule has 0 heterocycles. The molecule has 5 N–H and O–H groups in total. The Labute approximate surface area is 87.7 Å². The van der Waals surface area contributed by atoms with E-state index in [2.05, 4.69) is 0 Å². The van der Waals surface area contributed by atoms with Gasteiger partial charge in [0.2, 0.25) is 0 Å². The Kier molecular flexibility index (Phi) is 3.90. The van der Waals surface area contributed by atoms with Gasteiger partial charge in [0.1, 0.15) is 17.6 Å². The minimum absolute atomic E-state index is 0.0324. The molecule has 0 aliphatic rings. The predicted molar refractivity (Wildman–Crippen MR) is 54.7 cm³/mol. The average Bonchev–Trinajstić information content (AvgIpc) is 2.26. The van der Waals surface area contributed by atoms with E-state index in [1.54, 1.807) is 0 Å². The number of methoxy groups -OCH3 is 1. The van der Waals surface area contributed by atoms with Crippen molar-refractivity contribution in [3.8, 4) is 11.5 Å². The quantitative estimate of drug-likeness (QED) is 0.553. The highest BCUT2D eigenvalue weighted by Crippen LogP contribution is 2.30. The van der Waals surface area contributed by atoms with Crippen LogP contribution >= 0.6 is 0 Å². The van der Waals surface area contributed by atoms with Crippen molar-refractivity contribution in [1.82, 2.24) is 0 Å². The fourth-order valence-corrected chi connectivity index (χ4v) is 1.28. The Morgan fingerprint density at radius 3 is 2.60 bits per heavy atom. The lowest BCUT2D eigenvalue weighted by atomic mass is 10.0. The van der Waals surface area contributed by atoms with E-state index in [1.165, 1.54) is 25.3 Å². The number of nitrogens with two attached hydrogens (primary N) is 1. The highest BCUT2D eigenvalue weighted by Gasteiger charge is 2.20. The fraction of sp³-hybridized carbons (Fsp3) is 0.400. The van der Waals surface area contributed by atoms with Crippen LogP contribution < -0.4 is 10.5 Å². The number of rotatable bonds is 4. The van der Waals surface area contributed by atoms with Crippen LogP contribution in [0, 0.1) is 0 Å². The van der Waals surface area contributed by atoms with Gasteiger partial charge in [0.05, 0.1) is 13.2 Å². The molecule has 0 radical (unpaired) electrons. The molecule has 1 aromatic rings. The van der Waals surface area contributed by atoms with Gasteiger partial charge in [-0.3, -0.25) is 0 Å². The summed E-state index contributed by atoms with van der Waals surface area (Å²) < 4.78 is 4.97. The number of aliphatic hydroxyl groups is 2. The maximum absolute atomic E-state index is 9.70. The Morgan fingerprint density at radius 1 is 1.40 bits per heavy atom. The fourth-order valence-electron chi connectivity index (χ4n) is 1.28. The van der Waals surface area contributed by atoms with E-state index in [0.29, 0.717) is 11.3 Å². The lowest BCUT2D eigenvalue weighted by Gasteiger charge is -2.18. The van der Waals surface area contributed by atoms with E-state index >= 15 is 0 Å². The molecule has 0 spiro atoms. The Bertz CT molecular complexity index is 329. The summed E-state index contributed by atoms with van der Waals surface area (Å²) in [6.07, 6.45) is -2.17. The van der Waals surface area contributed by atoms with E-state index < -0.39 is 12.2 Å². The molecule has 0 fully saturated rings. The lowest BCUT2D eigenvalue weighted by Crippen LogP contribution is -2.27. The van der Waals surface area contributed by atoms with Gasteiger partial charge in [-0.05, 0) is 12.1 Å². The molecule has 2 atom stereocenters. The second-order valence-electron chi connectivity index (χ2n) is 3.17. The van der Waals surface area contributed by atoms with Crippen molar-refractivity contribution in [1.29, 1.82) is 0 Å².